The third kappa shape index (κ3) is 3.86. The van der Waals surface area contributed by atoms with Gasteiger partial charge in [0.05, 0.1) is 30.9 Å². The molecule has 0 saturated heterocycles. The van der Waals surface area contributed by atoms with Gasteiger partial charge in [-0.3, -0.25) is 9.59 Å². The van der Waals surface area contributed by atoms with Gasteiger partial charge in [0.15, 0.2) is 17.3 Å². The maximum atomic E-state index is 13.6. The lowest BCUT2D eigenvalue weighted by atomic mass is 9.82. The van der Waals surface area contributed by atoms with E-state index in [1.807, 2.05) is 0 Å². The number of rotatable bonds is 4. The summed E-state index contributed by atoms with van der Waals surface area (Å²) in [4.78, 5) is 51.4. The number of esters is 2. The third-order valence-corrected chi connectivity index (χ3v) is 6.52. The van der Waals surface area contributed by atoms with E-state index in [4.69, 9.17) is 9.47 Å². The lowest BCUT2D eigenvalue weighted by Gasteiger charge is -2.30. The van der Waals surface area contributed by atoms with Crippen LogP contribution in [0.4, 0.5) is 5.69 Å². The molecule has 0 saturated carbocycles. The molecule has 1 heterocycles. The number of anilines is 1. The second-order valence-electron chi connectivity index (χ2n) is 7.60. The minimum absolute atomic E-state index is 0.161. The smallest absolute Gasteiger partial charge is 0.355 e. The molecule has 2 aromatic rings. The van der Waals surface area contributed by atoms with Crippen LogP contribution in [-0.4, -0.2) is 60.9 Å². The molecule has 2 aliphatic rings. The molecule has 0 bridgehead atoms. The van der Waals surface area contributed by atoms with Gasteiger partial charge in [-0.05, 0) is 12.2 Å². The lowest BCUT2D eigenvalue weighted by molar-refractivity contribution is -0.139. The maximum absolute atomic E-state index is 13.6. The standard InChI is InChI=1S/C24H17NO11S/c1-35-23(30)13-9-5-6-10-25(16(13)24(31)36-2)17-14-15(20(28)22(21(17)29)37(32,33)34)19(27)12-8-4-3-7-11(12)18(14)26/h3-10,28-29H,1-2H3,(H,32,33,34)/p-1. The first-order valence-corrected chi connectivity index (χ1v) is 11.7. The molecule has 0 radical (unpaired) electrons. The van der Waals surface area contributed by atoms with E-state index in [1.54, 1.807) is 0 Å². The van der Waals surface area contributed by atoms with Gasteiger partial charge in [0.2, 0.25) is 0 Å². The fraction of sp³-hybridized carbons (Fsp3) is 0.0833. The first-order valence-electron chi connectivity index (χ1n) is 10.3. The van der Waals surface area contributed by atoms with Gasteiger partial charge in [0.1, 0.15) is 32.1 Å². The van der Waals surface area contributed by atoms with Crippen molar-refractivity contribution in [1.29, 1.82) is 0 Å². The highest BCUT2D eigenvalue weighted by atomic mass is 32.2. The number of phenols is 2. The van der Waals surface area contributed by atoms with Crippen LogP contribution in [0.1, 0.15) is 31.8 Å². The summed E-state index contributed by atoms with van der Waals surface area (Å²) in [7, 11) is -3.69. The fourth-order valence-electron chi connectivity index (χ4n) is 4.09. The number of aromatic hydroxyl groups is 2. The monoisotopic (exact) mass is 526 g/mol. The summed E-state index contributed by atoms with van der Waals surface area (Å²) >= 11 is 0. The Hall–Kier alpha value is -4.75. The van der Waals surface area contributed by atoms with E-state index < -0.39 is 78.1 Å². The number of methoxy groups -OCH3 is 2. The van der Waals surface area contributed by atoms with Crippen molar-refractivity contribution >= 4 is 39.3 Å². The van der Waals surface area contributed by atoms with Crippen LogP contribution < -0.4 is 4.90 Å². The molecule has 0 unspecified atom stereocenters. The van der Waals surface area contributed by atoms with Gasteiger partial charge in [-0.2, -0.15) is 0 Å². The molecule has 0 amide bonds. The fourth-order valence-corrected chi connectivity index (χ4v) is 4.76. The number of carbonyl (C=O) groups excluding carboxylic acids is 4. The van der Waals surface area contributed by atoms with Crippen molar-refractivity contribution < 1.29 is 51.8 Å². The Labute approximate surface area is 209 Å². The molecule has 2 aromatic carbocycles. The number of hydrogen-bond acceptors (Lipinski definition) is 12. The van der Waals surface area contributed by atoms with Gasteiger partial charge < -0.3 is 29.1 Å². The molecule has 1 aliphatic heterocycles. The Morgan fingerprint density at radius 1 is 0.892 bits per heavy atom. The Morgan fingerprint density at radius 3 is 2.00 bits per heavy atom. The van der Waals surface area contributed by atoms with Gasteiger partial charge in [0, 0.05) is 17.3 Å². The first kappa shape index (κ1) is 25.3. The quantitative estimate of drug-likeness (QED) is 0.366. The zero-order valence-corrected chi connectivity index (χ0v) is 19.9. The van der Waals surface area contributed by atoms with Gasteiger partial charge in [-0.1, -0.05) is 30.3 Å². The summed E-state index contributed by atoms with van der Waals surface area (Å²) in [5.41, 5.74) is -3.90. The van der Waals surface area contributed by atoms with Crippen LogP contribution in [0, 0.1) is 0 Å². The molecule has 4 rings (SSSR count). The number of benzene rings is 2. The zero-order chi connectivity index (χ0) is 27.2. The summed E-state index contributed by atoms with van der Waals surface area (Å²) in [5.74, 6) is -7.10. The molecule has 0 aromatic heterocycles. The Morgan fingerprint density at radius 2 is 1.46 bits per heavy atom. The number of allylic oxidation sites excluding steroid dienone is 2. The van der Waals surface area contributed by atoms with Gasteiger partial charge in [-0.15, -0.1) is 0 Å². The molecule has 2 N–H and O–H groups in total. The Bertz CT molecular complexity index is 1610. The number of ether oxygens (including phenoxy) is 2. The zero-order valence-electron chi connectivity index (χ0n) is 19.0. The van der Waals surface area contributed by atoms with Crippen molar-refractivity contribution in [3.05, 3.63) is 82.2 Å². The summed E-state index contributed by atoms with van der Waals surface area (Å²) in [6.07, 6.45) is 4.72. The average molecular weight is 526 g/mol. The minimum Gasteiger partial charge on any atom is -0.744 e. The number of carbonyl (C=O) groups is 4. The van der Waals surface area contributed by atoms with E-state index in [2.05, 4.69) is 0 Å². The molecule has 37 heavy (non-hydrogen) atoms. The minimum atomic E-state index is -5.67. The second kappa shape index (κ2) is 9.04. The number of hydrogen-bond donors (Lipinski definition) is 2. The topological polar surface area (TPSA) is 188 Å². The lowest BCUT2D eigenvalue weighted by Crippen LogP contribution is -2.31. The van der Waals surface area contributed by atoms with Crippen molar-refractivity contribution in [3.63, 3.8) is 0 Å². The van der Waals surface area contributed by atoms with E-state index in [9.17, 15) is 42.4 Å². The first-order chi connectivity index (χ1) is 17.4. The molecule has 190 valence electrons. The predicted octanol–water partition coefficient (Wildman–Crippen LogP) is 1.27. The normalized spacial score (nSPS) is 14.7. The summed E-state index contributed by atoms with van der Waals surface area (Å²) in [6.45, 7) is 0. The van der Waals surface area contributed by atoms with Crippen LogP contribution in [0.3, 0.4) is 0 Å². The molecule has 13 heteroatoms. The van der Waals surface area contributed by atoms with Crippen molar-refractivity contribution in [1.82, 2.24) is 0 Å². The van der Waals surface area contributed by atoms with Crippen LogP contribution in [0.5, 0.6) is 11.5 Å². The average Bonchev–Trinajstić information content (AvgIpc) is 3.08. The molecular formula is C24H16NO11S-. The van der Waals surface area contributed by atoms with Gasteiger partial charge in [0.25, 0.3) is 0 Å². The summed E-state index contributed by atoms with van der Waals surface area (Å²) in [5, 5.41) is 21.7. The molecule has 1 aliphatic carbocycles. The van der Waals surface area contributed by atoms with Crippen LogP contribution in [0.15, 0.2) is 64.9 Å². The van der Waals surface area contributed by atoms with Crippen LogP contribution in [0.2, 0.25) is 0 Å². The summed E-state index contributed by atoms with van der Waals surface area (Å²) in [6, 6.07) is 5.39. The van der Waals surface area contributed by atoms with Crippen LogP contribution >= 0.6 is 0 Å². The number of ketones is 2. The largest absolute Gasteiger partial charge is 0.744 e. The van der Waals surface area contributed by atoms with E-state index >= 15 is 0 Å². The van der Waals surface area contributed by atoms with Crippen molar-refractivity contribution in [2.24, 2.45) is 0 Å². The molecule has 0 atom stereocenters. The summed E-state index contributed by atoms with van der Waals surface area (Å²) < 4.78 is 45.7. The van der Waals surface area contributed by atoms with Crippen molar-refractivity contribution in [2.75, 3.05) is 19.1 Å². The van der Waals surface area contributed by atoms with Gasteiger partial charge in [-0.25, -0.2) is 18.0 Å². The van der Waals surface area contributed by atoms with E-state index in [1.165, 1.54) is 36.4 Å². The number of nitrogens with zero attached hydrogens (tertiary/aromatic N) is 1. The number of phenolic OH excluding ortho intramolecular Hbond substituents is 2. The third-order valence-electron chi connectivity index (χ3n) is 5.63. The van der Waals surface area contributed by atoms with Crippen molar-refractivity contribution in [3.8, 4) is 11.5 Å². The second-order valence-corrected chi connectivity index (χ2v) is 8.92. The van der Waals surface area contributed by atoms with Crippen LogP contribution in [0.25, 0.3) is 0 Å². The molecular weight excluding hydrogens is 510 g/mol. The van der Waals surface area contributed by atoms with E-state index in [0.717, 1.165) is 26.5 Å². The van der Waals surface area contributed by atoms with Gasteiger partial charge >= 0.3 is 11.9 Å². The Kier molecular flexibility index (Phi) is 6.19. The predicted molar refractivity (Wildman–Crippen MR) is 123 cm³/mol. The highest BCUT2D eigenvalue weighted by molar-refractivity contribution is 7.86. The van der Waals surface area contributed by atoms with Crippen LogP contribution in [-0.2, 0) is 29.2 Å². The van der Waals surface area contributed by atoms with E-state index in [0.29, 0.717) is 4.90 Å². The maximum Gasteiger partial charge on any atom is 0.355 e. The van der Waals surface area contributed by atoms with E-state index in [-0.39, 0.29) is 11.1 Å². The highest BCUT2D eigenvalue weighted by Crippen LogP contribution is 2.50. The van der Waals surface area contributed by atoms with Crippen molar-refractivity contribution in [2.45, 2.75) is 4.90 Å². The highest BCUT2D eigenvalue weighted by Gasteiger charge is 2.42. The molecule has 0 fully saturated rings. The molecule has 12 nitrogen and oxygen atoms in total. The number of fused-ring (bicyclic) bond motifs is 2. The molecule has 0 spiro atoms. The SMILES string of the molecule is COC(=O)C1=C(C(=O)OC)N(c2c(O)c(S(=O)(=O)[O-])c(O)c3c2C(=O)c2ccccc2C3=O)C=CC=C1. The Balaban J connectivity index is 2.22.